The average molecular weight is 254 g/mol. The van der Waals surface area contributed by atoms with E-state index >= 15 is 0 Å². The van der Waals surface area contributed by atoms with E-state index in [9.17, 15) is 4.79 Å². The van der Waals surface area contributed by atoms with E-state index < -0.39 is 0 Å². The summed E-state index contributed by atoms with van der Waals surface area (Å²) in [5.74, 6) is 0.271. The number of amides is 1. The van der Waals surface area contributed by atoms with Crippen LogP contribution in [0, 0.1) is 0 Å². The molecule has 3 unspecified atom stereocenters. The third-order valence-corrected chi connectivity index (χ3v) is 4.29. The molecule has 0 aromatic rings. The number of carbonyl (C=O) groups excluding carboxylic acids is 1. The van der Waals surface area contributed by atoms with Crippen molar-refractivity contribution in [3.05, 3.63) is 0 Å². The fourth-order valence-corrected chi connectivity index (χ4v) is 3.25. The van der Waals surface area contributed by atoms with Gasteiger partial charge in [-0.3, -0.25) is 4.79 Å². The van der Waals surface area contributed by atoms with Crippen LogP contribution in [0.4, 0.5) is 0 Å². The summed E-state index contributed by atoms with van der Waals surface area (Å²) in [4.78, 5) is 14.4. The number of ether oxygens (including phenoxy) is 1. The third-order valence-electron chi connectivity index (χ3n) is 4.29. The van der Waals surface area contributed by atoms with Crippen molar-refractivity contribution >= 4 is 5.91 Å². The summed E-state index contributed by atoms with van der Waals surface area (Å²) in [6.45, 7) is 3.60. The van der Waals surface area contributed by atoms with E-state index in [2.05, 4.69) is 6.92 Å². The summed E-state index contributed by atoms with van der Waals surface area (Å²) in [5.41, 5.74) is 5.79. The molecule has 4 heteroatoms. The molecular weight excluding hydrogens is 228 g/mol. The highest BCUT2D eigenvalue weighted by molar-refractivity contribution is 5.77. The van der Waals surface area contributed by atoms with E-state index in [1.54, 1.807) is 0 Å². The number of rotatable bonds is 4. The van der Waals surface area contributed by atoms with Gasteiger partial charge in [-0.2, -0.15) is 0 Å². The molecule has 0 bridgehead atoms. The van der Waals surface area contributed by atoms with Crippen LogP contribution in [-0.2, 0) is 9.53 Å². The predicted octanol–water partition coefficient (Wildman–Crippen LogP) is 1.67. The molecule has 2 saturated heterocycles. The van der Waals surface area contributed by atoms with E-state index in [4.69, 9.17) is 10.5 Å². The van der Waals surface area contributed by atoms with Crippen molar-refractivity contribution in [1.82, 2.24) is 4.90 Å². The number of carbonyl (C=O) groups is 1. The van der Waals surface area contributed by atoms with Gasteiger partial charge >= 0.3 is 0 Å². The van der Waals surface area contributed by atoms with Gasteiger partial charge in [0.1, 0.15) is 0 Å². The van der Waals surface area contributed by atoms with Gasteiger partial charge in [0.05, 0.1) is 6.10 Å². The van der Waals surface area contributed by atoms with Crippen molar-refractivity contribution in [3.63, 3.8) is 0 Å². The normalized spacial score (nSPS) is 32.8. The molecule has 0 spiro atoms. The lowest BCUT2D eigenvalue weighted by Gasteiger charge is -2.40. The molecule has 0 aromatic heterocycles. The van der Waals surface area contributed by atoms with Gasteiger partial charge in [0.2, 0.25) is 5.91 Å². The minimum absolute atomic E-state index is 0.255. The maximum Gasteiger partial charge on any atom is 0.223 e. The Morgan fingerprint density at radius 1 is 1.33 bits per heavy atom. The molecule has 18 heavy (non-hydrogen) atoms. The number of likely N-dealkylation sites (tertiary alicyclic amines) is 1. The van der Waals surface area contributed by atoms with Crippen LogP contribution in [0.1, 0.15) is 51.9 Å². The van der Waals surface area contributed by atoms with Crippen LogP contribution in [0.3, 0.4) is 0 Å². The van der Waals surface area contributed by atoms with Gasteiger partial charge in [0, 0.05) is 31.7 Å². The average Bonchev–Trinajstić information content (AvgIpc) is 2.88. The highest BCUT2D eigenvalue weighted by Gasteiger charge is 2.31. The van der Waals surface area contributed by atoms with E-state index in [-0.39, 0.29) is 11.9 Å². The van der Waals surface area contributed by atoms with Gasteiger partial charge in [0.25, 0.3) is 0 Å². The number of hydrogen-bond acceptors (Lipinski definition) is 3. The summed E-state index contributed by atoms with van der Waals surface area (Å²) in [5, 5.41) is 0. The molecular formula is C14H26N2O2. The van der Waals surface area contributed by atoms with Crippen LogP contribution in [0.15, 0.2) is 0 Å². The summed E-state index contributed by atoms with van der Waals surface area (Å²) in [6, 6.07) is 0.607. The molecule has 2 rings (SSSR count). The van der Waals surface area contributed by atoms with Crippen molar-refractivity contribution in [2.75, 3.05) is 13.2 Å². The molecule has 4 nitrogen and oxygen atoms in total. The van der Waals surface area contributed by atoms with Crippen LogP contribution in [0.5, 0.6) is 0 Å². The van der Waals surface area contributed by atoms with Crippen LogP contribution >= 0.6 is 0 Å². The van der Waals surface area contributed by atoms with Crippen LogP contribution in [0.2, 0.25) is 0 Å². The SMILES string of the molecule is CC1CCCC(CN)N1C(=O)CCC1CCCO1. The Hall–Kier alpha value is -0.610. The molecule has 2 heterocycles. The summed E-state index contributed by atoms with van der Waals surface area (Å²) in [7, 11) is 0. The lowest BCUT2D eigenvalue weighted by atomic mass is 9.95. The molecule has 1 amide bonds. The maximum absolute atomic E-state index is 12.3. The molecule has 2 aliphatic rings. The highest BCUT2D eigenvalue weighted by atomic mass is 16.5. The highest BCUT2D eigenvalue weighted by Crippen LogP contribution is 2.24. The van der Waals surface area contributed by atoms with Crippen LogP contribution < -0.4 is 5.73 Å². The number of hydrogen-bond donors (Lipinski definition) is 1. The minimum Gasteiger partial charge on any atom is -0.378 e. The fraction of sp³-hybridized carbons (Fsp3) is 0.929. The van der Waals surface area contributed by atoms with Gasteiger partial charge in [-0.25, -0.2) is 0 Å². The van der Waals surface area contributed by atoms with Crippen molar-refractivity contribution in [3.8, 4) is 0 Å². The molecule has 0 radical (unpaired) electrons. The summed E-state index contributed by atoms with van der Waals surface area (Å²) in [6.07, 6.45) is 7.43. The molecule has 0 aliphatic carbocycles. The summed E-state index contributed by atoms with van der Waals surface area (Å²) >= 11 is 0. The third kappa shape index (κ3) is 3.23. The Morgan fingerprint density at radius 2 is 2.17 bits per heavy atom. The molecule has 2 fully saturated rings. The number of nitrogens with zero attached hydrogens (tertiary/aromatic N) is 1. The molecule has 2 aliphatic heterocycles. The van der Waals surface area contributed by atoms with Crippen LogP contribution in [-0.4, -0.2) is 42.1 Å². The van der Waals surface area contributed by atoms with E-state index in [1.807, 2.05) is 4.90 Å². The second kappa shape index (κ2) is 6.53. The molecule has 0 aromatic carbocycles. The second-order valence-corrected chi connectivity index (χ2v) is 5.64. The van der Waals surface area contributed by atoms with Gasteiger partial charge in [-0.15, -0.1) is 0 Å². The topological polar surface area (TPSA) is 55.6 Å². The Labute approximate surface area is 110 Å². The lowest BCUT2D eigenvalue weighted by molar-refractivity contribution is -0.138. The zero-order chi connectivity index (χ0) is 13.0. The van der Waals surface area contributed by atoms with E-state index in [1.165, 1.54) is 6.42 Å². The Morgan fingerprint density at radius 3 is 2.83 bits per heavy atom. The first-order valence-corrected chi connectivity index (χ1v) is 7.35. The molecule has 3 atom stereocenters. The van der Waals surface area contributed by atoms with E-state index in [0.717, 1.165) is 38.7 Å². The second-order valence-electron chi connectivity index (χ2n) is 5.64. The number of piperidine rings is 1. The number of nitrogens with two attached hydrogens (primary N) is 1. The first kappa shape index (κ1) is 13.8. The maximum atomic E-state index is 12.3. The van der Waals surface area contributed by atoms with Crippen molar-refractivity contribution in [2.24, 2.45) is 5.73 Å². The monoisotopic (exact) mass is 254 g/mol. The Bertz CT molecular complexity index is 277. The van der Waals surface area contributed by atoms with Gasteiger partial charge < -0.3 is 15.4 Å². The van der Waals surface area contributed by atoms with Gasteiger partial charge in [0.15, 0.2) is 0 Å². The molecule has 2 N–H and O–H groups in total. The van der Waals surface area contributed by atoms with E-state index in [0.29, 0.717) is 25.1 Å². The minimum atomic E-state index is 0.255. The first-order chi connectivity index (χ1) is 8.72. The summed E-state index contributed by atoms with van der Waals surface area (Å²) < 4.78 is 5.58. The van der Waals surface area contributed by atoms with Gasteiger partial charge in [-0.1, -0.05) is 0 Å². The molecule has 104 valence electrons. The van der Waals surface area contributed by atoms with Crippen molar-refractivity contribution in [1.29, 1.82) is 0 Å². The lowest BCUT2D eigenvalue weighted by Crippen LogP contribution is -2.51. The Kier molecular flexibility index (Phi) is 5.01. The van der Waals surface area contributed by atoms with Gasteiger partial charge in [-0.05, 0) is 45.4 Å². The van der Waals surface area contributed by atoms with Crippen molar-refractivity contribution in [2.45, 2.75) is 70.1 Å². The molecule has 0 saturated carbocycles. The smallest absolute Gasteiger partial charge is 0.223 e. The predicted molar refractivity (Wildman–Crippen MR) is 71.2 cm³/mol. The Balaban J connectivity index is 1.84. The zero-order valence-electron chi connectivity index (χ0n) is 11.4. The fourth-order valence-electron chi connectivity index (χ4n) is 3.25. The van der Waals surface area contributed by atoms with Crippen molar-refractivity contribution < 1.29 is 9.53 Å². The quantitative estimate of drug-likeness (QED) is 0.830. The standard InChI is InChI=1S/C14H26N2O2/c1-11-4-2-5-12(10-15)16(11)14(17)8-7-13-6-3-9-18-13/h11-13H,2-10,15H2,1H3. The first-order valence-electron chi connectivity index (χ1n) is 7.35. The zero-order valence-corrected chi connectivity index (χ0v) is 11.4. The van der Waals surface area contributed by atoms with Crippen LogP contribution in [0.25, 0.3) is 0 Å². The largest absolute Gasteiger partial charge is 0.378 e.